The zero-order valence-corrected chi connectivity index (χ0v) is 5.66. The summed E-state index contributed by atoms with van der Waals surface area (Å²) in [5.74, 6) is 0. The molecule has 0 aliphatic carbocycles. The minimum Gasteiger partial charge on any atom is -0.338 e. The molecule has 0 fully saturated rings. The van der Waals surface area contributed by atoms with E-state index in [1.54, 1.807) is 6.92 Å². The first kappa shape index (κ1) is 8.96. The monoisotopic (exact) mass is 244 g/mol. The van der Waals surface area contributed by atoms with Crippen molar-refractivity contribution >= 4 is 6.29 Å². The van der Waals surface area contributed by atoms with E-state index < -0.39 is 0 Å². The van der Waals surface area contributed by atoms with Gasteiger partial charge in [-0.05, 0) is 6.29 Å². The minimum absolute atomic E-state index is 0. The van der Waals surface area contributed by atoms with Crippen molar-refractivity contribution in [3.63, 3.8) is 0 Å². The molecule has 0 aromatic rings. The molecule has 0 amide bonds. The zero-order chi connectivity index (χ0) is 3.41. The first-order valence-electron chi connectivity index (χ1n) is 1.15. The van der Waals surface area contributed by atoms with Gasteiger partial charge in [-0.15, -0.1) is 0 Å². The van der Waals surface area contributed by atoms with E-state index >= 15 is 0 Å². The van der Waals surface area contributed by atoms with E-state index in [1.165, 1.54) is 6.42 Å². The van der Waals surface area contributed by atoms with Gasteiger partial charge in [-0.25, -0.2) is 0 Å². The van der Waals surface area contributed by atoms with Gasteiger partial charge in [0.05, 0.1) is 0 Å². The Morgan fingerprint density at radius 3 is 2.00 bits per heavy atom. The Kier molecular flexibility index (Phi) is 15.9. The average molecular weight is 243 g/mol. The number of carbonyl (C=O) groups is 1. The molecule has 5 heavy (non-hydrogen) atoms. The second-order valence-electron chi connectivity index (χ2n) is 0.469. The summed E-state index contributed by atoms with van der Waals surface area (Å²) >= 11 is 0. The summed E-state index contributed by atoms with van der Waals surface area (Å²) in [6, 6.07) is 0. The Morgan fingerprint density at radius 1 is 1.80 bits per heavy atom. The van der Waals surface area contributed by atoms with Crippen LogP contribution >= 0.6 is 0 Å². The van der Waals surface area contributed by atoms with Gasteiger partial charge < -0.3 is 11.2 Å². The van der Waals surface area contributed by atoms with Gasteiger partial charge in [0.1, 0.15) is 0 Å². The van der Waals surface area contributed by atoms with Crippen LogP contribution in [0, 0.1) is 6.42 Å². The van der Waals surface area contributed by atoms with Gasteiger partial charge >= 0.3 is 0 Å². The van der Waals surface area contributed by atoms with Crippen LogP contribution < -0.4 is 0 Å². The summed E-state index contributed by atoms with van der Waals surface area (Å²) in [7, 11) is 0. The maximum atomic E-state index is 9.12. The topological polar surface area (TPSA) is 17.1 Å². The molecule has 31 valence electrons. The van der Waals surface area contributed by atoms with Crippen molar-refractivity contribution in [2.45, 2.75) is 6.92 Å². The van der Waals surface area contributed by atoms with Crippen LogP contribution in [0.2, 0.25) is 0 Å². The van der Waals surface area contributed by atoms with Crippen LogP contribution in [0.3, 0.4) is 0 Å². The summed E-state index contributed by atoms with van der Waals surface area (Å²) in [6.07, 6.45) is 2.19. The van der Waals surface area contributed by atoms with Crippen LogP contribution in [0.25, 0.3) is 0 Å². The summed E-state index contributed by atoms with van der Waals surface area (Å²) < 4.78 is 0. The third-order valence-electron chi connectivity index (χ3n) is 0.136. The molecule has 0 aromatic heterocycles. The predicted molar refractivity (Wildman–Crippen MR) is 16.0 cm³/mol. The van der Waals surface area contributed by atoms with E-state index in [4.69, 9.17) is 4.79 Å². The van der Waals surface area contributed by atoms with Crippen molar-refractivity contribution in [2.75, 3.05) is 0 Å². The van der Waals surface area contributed by atoms with Crippen LogP contribution in [0.4, 0.5) is 0 Å². The van der Waals surface area contributed by atoms with Crippen molar-refractivity contribution < 1.29 is 25.2 Å². The minimum atomic E-state index is 0. The first-order chi connectivity index (χ1) is 1.91. The molecule has 0 atom stereocenters. The number of aldehydes is 1. The smallest absolute Gasteiger partial charge is 0 e. The van der Waals surface area contributed by atoms with Gasteiger partial charge in [0.25, 0.3) is 0 Å². The van der Waals surface area contributed by atoms with Gasteiger partial charge in [-0.2, -0.15) is 6.92 Å². The molecule has 2 heteroatoms. The number of hydrogen-bond donors (Lipinski definition) is 0. The maximum absolute atomic E-state index is 9.12. The Labute approximate surface area is 45.4 Å². The molecule has 0 unspecified atom stereocenters. The van der Waals surface area contributed by atoms with Crippen LogP contribution in [-0.4, -0.2) is 6.29 Å². The Morgan fingerprint density at radius 2 is 2.00 bits per heavy atom. The van der Waals surface area contributed by atoms with E-state index in [1.807, 2.05) is 0 Å². The molecule has 0 aliphatic heterocycles. The Hall–Kier alpha value is 0.202. The van der Waals surface area contributed by atoms with Crippen LogP contribution in [-0.2, 0) is 25.2 Å². The quantitative estimate of drug-likeness (QED) is 0.481. The summed E-state index contributed by atoms with van der Waals surface area (Å²) in [5, 5.41) is 0. The van der Waals surface area contributed by atoms with Gasteiger partial charge in [-0.3, -0.25) is 0 Å². The van der Waals surface area contributed by atoms with Gasteiger partial charge in [-0.1, -0.05) is 0 Å². The number of hydrogen-bond acceptors (Lipinski definition) is 1. The van der Waals surface area contributed by atoms with E-state index in [0.717, 1.165) is 6.29 Å². The van der Waals surface area contributed by atoms with Crippen LogP contribution in [0.5, 0.6) is 0 Å². The molecular weight excluding hydrogens is 238 g/mol. The molecule has 0 aliphatic rings. The van der Waals surface area contributed by atoms with Crippen molar-refractivity contribution in [3.05, 3.63) is 6.42 Å². The van der Waals surface area contributed by atoms with Gasteiger partial charge in [0.2, 0.25) is 0 Å². The normalized spacial score (nSPS) is 4.20. The van der Waals surface area contributed by atoms with Crippen LogP contribution in [0.1, 0.15) is 6.92 Å². The molecule has 0 spiro atoms. The molecule has 0 saturated heterocycles. The fourth-order valence-electron chi connectivity index (χ4n) is 0. The first-order valence-corrected chi connectivity index (χ1v) is 1.15. The summed E-state index contributed by atoms with van der Waals surface area (Å²) in [5.41, 5.74) is 0. The standard InChI is InChI=1S/C3H5O.Re/c1-2-3-4;/h2-3H,1H3;/q-1;. The average Bonchev–Trinajstić information content (AvgIpc) is 1.37. The molecule has 0 aromatic carbocycles. The van der Waals surface area contributed by atoms with E-state index in [0.29, 0.717) is 0 Å². The van der Waals surface area contributed by atoms with Gasteiger partial charge in [0, 0.05) is 20.4 Å². The van der Waals surface area contributed by atoms with Crippen molar-refractivity contribution in [1.29, 1.82) is 0 Å². The predicted octanol–water partition coefficient (Wildman–Crippen LogP) is 0.407. The van der Waals surface area contributed by atoms with Crippen molar-refractivity contribution in [3.8, 4) is 0 Å². The molecule has 1 nitrogen and oxygen atoms in total. The number of carbonyl (C=O) groups excluding carboxylic acids is 1. The fourth-order valence-corrected chi connectivity index (χ4v) is 0. The molecule has 0 rings (SSSR count). The second kappa shape index (κ2) is 8.88. The second-order valence-corrected chi connectivity index (χ2v) is 0.469. The van der Waals surface area contributed by atoms with Crippen molar-refractivity contribution in [2.24, 2.45) is 0 Å². The third kappa shape index (κ3) is 14.1. The Balaban J connectivity index is 0. The van der Waals surface area contributed by atoms with E-state index in [-0.39, 0.29) is 20.4 Å². The molecule has 0 N–H and O–H groups in total. The SMILES string of the molecule is C[CH-]C=O.[Re]. The maximum Gasteiger partial charge on any atom is 0 e. The third-order valence-corrected chi connectivity index (χ3v) is 0.136. The van der Waals surface area contributed by atoms with Gasteiger partial charge in [0.15, 0.2) is 0 Å². The zero-order valence-electron chi connectivity index (χ0n) is 2.94. The summed E-state index contributed by atoms with van der Waals surface area (Å²) in [4.78, 5) is 9.12. The van der Waals surface area contributed by atoms with Crippen LogP contribution in [0.15, 0.2) is 0 Å². The Bertz CT molecular complexity index is 20.9. The van der Waals surface area contributed by atoms with E-state index in [9.17, 15) is 0 Å². The number of rotatable bonds is 1. The fraction of sp³-hybridized carbons (Fsp3) is 0.333. The largest absolute Gasteiger partial charge is 0.338 e. The molecule has 0 saturated carbocycles. The molecule has 0 heterocycles. The summed E-state index contributed by atoms with van der Waals surface area (Å²) in [6.45, 7) is 1.69. The molecule has 0 bridgehead atoms. The molecular formula is C3H5ORe-. The van der Waals surface area contributed by atoms with E-state index in [2.05, 4.69) is 0 Å². The van der Waals surface area contributed by atoms with Crippen molar-refractivity contribution in [1.82, 2.24) is 0 Å². The molecule has 1 radical (unpaired) electrons.